The lowest BCUT2D eigenvalue weighted by Gasteiger charge is -2.36. The van der Waals surface area contributed by atoms with Crippen molar-refractivity contribution in [2.45, 2.75) is 32.4 Å². The molecule has 0 atom stereocenters. The molecule has 1 heterocycles. The summed E-state index contributed by atoms with van der Waals surface area (Å²) in [6.45, 7) is 3.51. The van der Waals surface area contributed by atoms with Gasteiger partial charge < -0.3 is 9.80 Å². The van der Waals surface area contributed by atoms with Crippen LogP contribution >= 0.6 is 24.8 Å². The van der Waals surface area contributed by atoms with E-state index in [1.54, 1.807) is 29.2 Å². The van der Waals surface area contributed by atoms with Gasteiger partial charge in [0.2, 0.25) is 11.8 Å². The van der Waals surface area contributed by atoms with Crippen LogP contribution in [-0.2, 0) is 35.0 Å². The van der Waals surface area contributed by atoms with Crippen LogP contribution in [0.3, 0.4) is 0 Å². The highest BCUT2D eigenvalue weighted by Crippen LogP contribution is 2.35. The van der Waals surface area contributed by atoms with E-state index >= 15 is 0 Å². The number of nitrogens with one attached hydrogen (secondary N) is 1. The van der Waals surface area contributed by atoms with Gasteiger partial charge >= 0.3 is 6.18 Å². The largest absolute Gasteiger partial charge is 0.416 e. The molecule has 0 bridgehead atoms. The van der Waals surface area contributed by atoms with E-state index in [9.17, 15) is 22.8 Å². The van der Waals surface area contributed by atoms with E-state index in [4.69, 9.17) is 5.84 Å². The van der Waals surface area contributed by atoms with Crippen molar-refractivity contribution in [3.8, 4) is 0 Å². The standard InChI is InChI=1S/C23H27F3N4O2.2ClH/c1-16(31)29-10-12-30(13-11-29)20-9-8-19(21(15-20)23(24,25)26)7-6-17-2-4-18(5-3-17)14-22(32)28-27;;/h2-5,8-9,15H,6-7,10-14,27H2,1H3,(H,28,32);2*1H. The minimum atomic E-state index is -4.45. The van der Waals surface area contributed by atoms with Crippen molar-refractivity contribution in [3.05, 3.63) is 64.7 Å². The maximum Gasteiger partial charge on any atom is 0.416 e. The van der Waals surface area contributed by atoms with Gasteiger partial charge in [-0.3, -0.25) is 15.0 Å². The van der Waals surface area contributed by atoms with Gasteiger partial charge in [-0.25, -0.2) is 5.84 Å². The van der Waals surface area contributed by atoms with Gasteiger partial charge in [-0.1, -0.05) is 30.3 Å². The zero-order chi connectivity index (χ0) is 23.3. The number of amides is 2. The van der Waals surface area contributed by atoms with Crippen molar-refractivity contribution in [1.82, 2.24) is 10.3 Å². The Morgan fingerprint density at radius 3 is 2.06 bits per heavy atom. The average molecular weight is 521 g/mol. The molecule has 0 saturated carbocycles. The highest BCUT2D eigenvalue weighted by molar-refractivity contribution is 5.85. The molecular weight excluding hydrogens is 492 g/mol. The number of carbonyl (C=O) groups is 2. The summed E-state index contributed by atoms with van der Waals surface area (Å²) in [4.78, 5) is 26.4. The van der Waals surface area contributed by atoms with E-state index in [0.29, 0.717) is 38.3 Å². The molecule has 2 aromatic carbocycles. The number of hydrazine groups is 1. The number of aryl methyl sites for hydroxylation is 2. The first-order valence-corrected chi connectivity index (χ1v) is 10.4. The smallest absolute Gasteiger partial charge is 0.368 e. The van der Waals surface area contributed by atoms with Crippen LogP contribution < -0.4 is 16.2 Å². The maximum atomic E-state index is 13.8. The number of nitrogens with zero attached hydrogens (tertiary/aromatic N) is 2. The molecule has 0 radical (unpaired) electrons. The Morgan fingerprint density at radius 2 is 1.53 bits per heavy atom. The molecule has 1 aliphatic heterocycles. The second-order valence-electron chi connectivity index (χ2n) is 7.89. The highest BCUT2D eigenvalue weighted by atomic mass is 35.5. The number of benzene rings is 2. The first-order valence-electron chi connectivity index (χ1n) is 10.4. The monoisotopic (exact) mass is 520 g/mol. The van der Waals surface area contributed by atoms with Crippen LogP contribution in [0, 0.1) is 0 Å². The molecule has 2 aromatic rings. The topological polar surface area (TPSA) is 78.7 Å². The fraction of sp³-hybridized carbons (Fsp3) is 0.391. The van der Waals surface area contributed by atoms with Crippen LogP contribution in [0.15, 0.2) is 42.5 Å². The van der Waals surface area contributed by atoms with Gasteiger partial charge in [0.05, 0.1) is 12.0 Å². The summed E-state index contributed by atoms with van der Waals surface area (Å²) in [5.74, 6) is 4.75. The van der Waals surface area contributed by atoms with Crippen molar-refractivity contribution >= 4 is 42.3 Å². The molecule has 6 nitrogen and oxygen atoms in total. The van der Waals surface area contributed by atoms with Gasteiger partial charge in [-0.2, -0.15) is 13.2 Å². The van der Waals surface area contributed by atoms with Gasteiger partial charge in [-0.05, 0) is 41.7 Å². The number of anilines is 1. The molecule has 11 heteroatoms. The molecule has 1 saturated heterocycles. The second-order valence-corrected chi connectivity index (χ2v) is 7.89. The number of hydrogen-bond donors (Lipinski definition) is 2. The summed E-state index contributed by atoms with van der Waals surface area (Å²) >= 11 is 0. The summed E-state index contributed by atoms with van der Waals surface area (Å²) in [5, 5.41) is 0. The number of piperazine rings is 1. The zero-order valence-corrected chi connectivity index (χ0v) is 20.4. The predicted molar refractivity (Wildman–Crippen MR) is 130 cm³/mol. The number of nitrogens with two attached hydrogens (primary N) is 1. The Bertz CT molecular complexity index is 964. The third-order valence-corrected chi connectivity index (χ3v) is 5.72. The molecule has 1 aliphatic rings. The fourth-order valence-corrected chi connectivity index (χ4v) is 3.86. The molecule has 0 aliphatic carbocycles. The molecular formula is C23H29Cl2F3N4O2. The number of hydrogen-bond acceptors (Lipinski definition) is 4. The Morgan fingerprint density at radius 1 is 0.941 bits per heavy atom. The van der Waals surface area contributed by atoms with Crippen molar-refractivity contribution in [3.63, 3.8) is 0 Å². The van der Waals surface area contributed by atoms with Crippen molar-refractivity contribution in [2.75, 3.05) is 31.1 Å². The molecule has 0 unspecified atom stereocenters. The molecule has 1 fully saturated rings. The van der Waals surface area contributed by atoms with Crippen LogP contribution in [0.25, 0.3) is 0 Å². The van der Waals surface area contributed by atoms with Crippen LogP contribution in [0.4, 0.5) is 18.9 Å². The SMILES string of the molecule is CC(=O)N1CCN(c2ccc(CCc3ccc(CC(=O)NN)cc3)c(C(F)(F)F)c2)CC1.Cl.Cl. The molecule has 3 N–H and O–H groups in total. The van der Waals surface area contributed by atoms with Crippen molar-refractivity contribution in [1.29, 1.82) is 0 Å². The highest BCUT2D eigenvalue weighted by Gasteiger charge is 2.34. The van der Waals surface area contributed by atoms with Crippen molar-refractivity contribution in [2.24, 2.45) is 5.84 Å². The van der Waals surface area contributed by atoms with Gasteiger partial charge in [-0.15, -0.1) is 24.8 Å². The molecule has 3 rings (SSSR count). The fourth-order valence-electron chi connectivity index (χ4n) is 3.86. The van der Waals surface area contributed by atoms with Gasteiger partial charge in [0.15, 0.2) is 0 Å². The average Bonchev–Trinajstić information content (AvgIpc) is 2.78. The van der Waals surface area contributed by atoms with E-state index < -0.39 is 11.7 Å². The minimum absolute atomic E-state index is 0. The second kappa shape index (κ2) is 12.8. The number of alkyl halides is 3. The lowest BCUT2D eigenvalue weighted by Crippen LogP contribution is -2.48. The van der Waals surface area contributed by atoms with E-state index in [2.05, 4.69) is 5.43 Å². The number of rotatable bonds is 6. The third-order valence-electron chi connectivity index (χ3n) is 5.72. The van der Waals surface area contributed by atoms with E-state index in [0.717, 1.165) is 11.1 Å². The maximum absolute atomic E-state index is 13.8. The third kappa shape index (κ3) is 7.78. The van der Waals surface area contributed by atoms with Gasteiger partial charge in [0, 0.05) is 38.8 Å². The lowest BCUT2D eigenvalue weighted by atomic mass is 9.97. The lowest BCUT2D eigenvalue weighted by molar-refractivity contribution is -0.138. The number of halogens is 5. The quantitative estimate of drug-likeness (QED) is 0.347. The summed E-state index contributed by atoms with van der Waals surface area (Å²) in [6, 6.07) is 11.7. The molecule has 2 amide bonds. The summed E-state index contributed by atoms with van der Waals surface area (Å²) in [6.07, 6.45) is -3.61. The first kappa shape index (κ1) is 29.5. The van der Waals surface area contributed by atoms with Crippen LogP contribution in [0.5, 0.6) is 0 Å². The normalized spacial score (nSPS) is 13.6. The predicted octanol–water partition coefficient (Wildman–Crippen LogP) is 3.54. The Kier molecular flexibility index (Phi) is 11.1. The summed E-state index contributed by atoms with van der Waals surface area (Å²) < 4.78 is 41.3. The molecule has 188 valence electrons. The van der Waals surface area contributed by atoms with Gasteiger partial charge in [0.25, 0.3) is 0 Å². The minimum Gasteiger partial charge on any atom is -0.368 e. The first-order chi connectivity index (χ1) is 15.2. The van der Waals surface area contributed by atoms with E-state index in [-0.39, 0.29) is 55.0 Å². The number of carbonyl (C=O) groups excluding carboxylic acids is 2. The molecule has 0 aromatic heterocycles. The van der Waals surface area contributed by atoms with Crippen LogP contribution in [0.1, 0.15) is 29.2 Å². The van der Waals surface area contributed by atoms with Crippen molar-refractivity contribution < 1.29 is 22.8 Å². The summed E-state index contributed by atoms with van der Waals surface area (Å²) in [7, 11) is 0. The zero-order valence-electron chi connectivity index (χ0n) is 18.7. The Balaban J connectivity index is 0.00000289. The van der Waals surface area contributed by atoms with Gasteiger partial charge in [0.1, 0.15) is 0 Å². The van der Waals surface area contributed by atoms with E-state index in [1.807, 2.05) is 17.0 Å². The molecule has 34 heavy (non-hydrogen) atoms. The molecule has 0 spiro atoms. The van der Waals surface area contributed by atoms with Crippen LogP contribution in [0.2, 0.25) is 0 Å². The summed E-state index contributed by atoms with van der Waals surface area (Å²) in [5.41, 5.74) is 3.87. The van der Waals surface area contributed by atoms with E-state index in [1.165, 1.54) is 13.0 Å². The Labute approximate surface area is 209 Å². The Hall–Kier alpha value is -2.49. The van der Waals surface area contributed by atoms with Crippen LogP contribution in [-0.4, -0.2) is 42.9 Å².